The monoisotopic (exact) mass is 543 g/mol. The summed E-state index contributed by atoms with van der Waals surface area (Å²) >= 11 is 0. The van der Waals surface area contributed by atoms with E-state index in [9.17, 15) is 24.6 Å². The zero-order valence-electron chi connectivity index (χ0n) is 22.4. The number of methoxy groups -OCH3 is 1. The number of hydrogen-bond donors (Lipinski definition) is 3. The molecule has 2 aliphatic heterocycles. The van der Waals surface area contributed by atoms with Crippen LogP contribution in [0.3, 0.4) is 0 Å². The molecular weight excluding hydrogens is 506 g/mol. The van der Waals surface area contributed by atoms with Crippen LogP contribution in [0, 0.1) is 0 Å². The number of aldehydes is 1. The van der Waals surface area contributed by atoms with Gasteiger partial charge in [0.1, 0.15) is 18.5 Å². The minimum absolute atomic E-state index is 0.0328. The third-order valence-corrected chi connectivity index (χ3v) is 7.31. The Morgan fingerprint density at radius 3 is 2.72 bits per heavy atom. The fourth-order valence-electron chi connectivity index (χ4n) is 5.35. The molecule has 0 saturated carbocycles. The SMILES string of the molecule is CCC=CC(=O)N(CCN1CCOCC1)C1C=C(C(=O)NCCO)C2c3cc(C=O)cc(OC)c3OC2C1O. The molecule has 1 saturated heterocycles. The smallest absolute Gasteiger partial charge is 0.247 e. The number of amides is 2. The van der Waals surface area contributed by atoms with Crippen LogP contribution in [0.25, 0.3) is 0 Å². The number of allylic oxidation sites excluding steroid dienone is 1. The predicted molar refractivity (Wildman–Crippen MR) is 142 cm³/mol. The molecule has 11 heteroatoms. The number of benzene rings is 1. The van der Waals surface area contributed by atoms with Gasteiger partial charge in [-0.05, 0) is 30.7 Å². The van der Waals surface area contributed by atoms with E-state index in [4.69, 9.17) is 14.2 Å². The van der Waals surface area contributed by atoms with Gasteiger partial charge in [-0.1, -0.05) is 13.0 Å². The van der Waals surface area contributed by atoms with E-state index in [0.717, 1.165) is 13.1 Å². The number of nitrogens with zero attached hydrogens (tertiary/aromatic N) is 2. The molecule has 11 nitrogen and oxygen atoms in total. The van der Waals surface area contributed by atoms with Crippen LogP contribution in [0.5, 0.6) is 11.5 Å². The highest BCUT2D eigenvalue weighted by Gasteiger charge is 2.51. The predicted octanol–water partition coefficient (Wildman–Crippen LogP) is 0.257. The molecular formula is C28H37N3O8. The first kappa shape index (κ1) is 28.8. The molecule has 4 rings (SSSR count). The van der Waals surface area contributed by atoms with Gasteiger partial charge in [0.05, 0.1) is 38.9 Å². The Morgan fingerprint density at radius 1 is 1.28 bits per heavy atom. The van der Waals surface area contributed by atoms with E-state index >= 15 is 0 Å². The number of aliphatic hydroxyl groups excluding tert-OH is 2. The number of hydrogen-bond acceptors (Lipinski definition) is 9. The van der Waals surface area contributed by atoms with Crippen LogP contribution in [0.4, 0.5) is 0 Å². The van der Waals surface area contributed by atoms with E-state index in [-0.39, 0.29) is 24.6 Å². The van der Waals surface area contributed by atoms with Gasteiger partial charge in [0.25, 0.3) is 0 Å². The summed E-state index contributed by atoms with van der Waals surface area (Å²) in [6.07, 6.45) is 4.13. The van der Waals surface area contributed by atoms with E-state index < -0.39 is 30.1 Å². The van der Waals surface area contributed by atoms with Gasteiger partial charge in [-0.2, -0.15) is 0 Å². The van der Waals surface area contributed by atoms with Crippen LogP contribution in [0.1, 0.15) is 35.2 Å². The number of rotatable bonds is 11. The number of morpholine rings is 1. The van der Waals surface area contributed by atoms with E-state index in [1.807, 2.05) is 6.92 Å². The summed E-state index contributed by atoms with van der Waals surface area (Å²) < 4.78 is 17.1. The standard InChI is InChI=1S/C28H37N3O8/c1-3-4-5-23(34)31(8-7-30-9-12-38-13-10-30)21-16-20(28(36)29-6-11-32)24-19-14-18(17-33)15-22(37-2)26(19)39-27(24)25(21)35/h4-5,14-17,21,24-25,27,32,35H,3,6-13H2,1-2H3,(H,29,36). The van der Waals surface area contributed by atoms with Crippen molar-refractivity contribution in [2.45, 2.75) is 37.5 Å². The van der Waals surface area contributed by atoms with Gasteiger partial charge in [0, 0.05) is 49.4 Å². The van der Waals surface area contributed by atoms with Crippen molar-refractivity contribution in [3.8, 4) is 11.5 Å². The van der Waals surface area contributed by atoms with Crippen LogP contribution in [-0.4, -0.2) is 116 Å². The molecule has 1 aromatic rings. The largest absolute Gasteiger partial charge is 0.493 e. The summed E-state index contributed by atoms with van der Waals surface area (Å²) in [5, 5.41) is 23.6. The van der Waals surface area contributed by atoms with Crippen LogP contribution in [0.2, 0.25) is 0 Å². The van der Waals surface area contributed by atoms with E-state index in [1.54, 1.807) is 23.1 Å². The second-order valence-electron chi connectivity index (χ2n) is 9.70. The zero-order valence-corrected chi connectivity index (χ0v) is 22.4. The highest BCUT2D eigenvalue weighted by Crippen LogP contribution is 2.51. The first-order valence-electron chi connectivity index (χ1n) is 13.3. The molecule has 212 valence electrons. The van der Waals surface area contributed by atoms with Crippen LogP contribution < -0.4 is 14.8 Å². The van der Waals surface area contributed by atoms with Gasteiger partial charge >= 0.3 is 0 Å². The van der Waals surface area contributed by atoms with Gasteiger partial charge in [-0.25, -0.2) is 0 Å². The minimum atomic E-state index is -1.18. The van der Waals surface area contributed by atoms with Crippen LogP contribution in [-0.2, 0) is 14.3 Å². The van der Waals surface area contributed by atoms with E-state index in [1.165, 1.54) is 19.3 Å². The third-order valence-electron chi connectivity index (χ3n) is 7.31. The number of ether oxygens (including phenoxy) is 3. The average molecular weight is 544 g/mol. The molecule has 0 aromatic heterocycles. The Morgan fingerprint density at radius 2 is 2.05 bits per heavy atom. The van der Waals surface area contributed by atoms with Crippen molar-refractivity contribution in [3.05, 3.63) is 47.1 Å². The molecule has 3 aliphatic rings. The molecule has 1 aliphatic carbocycles. The van der Waals surface area contributed by atoms with Crippen LogP contribution >= 0.6 is 0 Å². The van der Waals surface area contributed by atoms with E-state index in [2.05, 4.69) is 10.2 Å². The van der Waals surface area contributed by atoms with Crippen molar-refractivity contribution in [2.75, 3.05) is 59.7 Å². The molecule has 3 N–H and O–H groups in total. The van der Waals surface area contributed by atoms with Gasteiger partial charge in [-0.3, -0.25) is 19.3 Å². The van der Waals surface area contributed by atoms with Gasteiger partial charge < -0.3 is 34.6 Å². The van der Waals surface area contributed by atoms with Crippen LogP contribution in [0.15, 0.2) is 35.9 Å². The van der Waals surface area contributed by atoms with Gasteiger partial charge in [-0.15, -0.1) is 0 Å². The summed E-state index contributed by atoms with van der Waals surface area (Å²) in [6.45, 7) is 5.32. The Hall–Kier alpha value is -3.25. The van der Waals surface area contributed by atoms with Crippen molar-refractivity contribution in [1.29, 1.82) is 0 Å². The fraction of sp³-hybridized carbons (Fsp3) is 0.536. The molecule has 0 bridgehead atoms. The summed E-state index contributed by atoms with van der Waals surface area (Å²) in [7, 11) is 1.45. The Bertz CT molecular complexity index is 1110. The maximum Gasteiger partial charge on any atom is 0.247 e. The van der Waals surface area contributed by atoms with Crippen molar-refractivity contribution < 1.29 is 38.8 Å². The quantitative estimate of drug-likeness (QED) is 0.265. The van der Waals surface area contributed by atoms with Crippen molar-refractivity contribution in [1.82, 2.24) is 15.1 Å². The van der Waals surface area contributed by atoms with Crippen molar-refractivity contribution >= 4 is 18.1 Å². The molecule has 2 heterocycles. The lowest BCUT2D eigenvalue weighted by atomic mass is 9.77. The molecule has 39 heavy (non-hydrogen) atoms. The topological polar surface area (TPSA) is 138 Å². The highest BCUT2D eigenvalue weighted by molar-refractivity contribution is 5.97. The Labute approximate surface area is 228 Å². The summed E-state index contributed by atoms with van der Waals surface area (Å²) in [4.78, 5) is 42.2. The third kappa shape index (κ3) is 6.17. The number of nitrogens with one attached hydrogen (secondary N) is 1. The van der Waals surface area contributed by atoms with E-state index in [0.29, 0.717) is 61.6 Å². The Balaban J connectivity index is 1.74. The molecule has 2 amide bonds. The number of aliphatic hydroxyl groups is 2. The maximum atomic E-state index is 13.4. The van der Waals surface area contributed by atoms with Crippen molar-refractivity contribution in [2.24, 2.45) is 0 Å². The first-order chi connectivity index (χ1) is 18.9. The maximum absolute atomic E-state index is 13.4. The average Bonchev–Trinajstić information content (AvgIpc) is 3.35. The number of carbonyl (C=O) groups is 3. The summed E-state index contributed by atoms with van der Waals surface area (Å²) in [5.74, 6) is -0.784. The van der Waals surface area contributed by atoms with Crippen molar-refractivity contribution in [3.63, 3.8) is 0 Å². The second-order valence-corrected chi connectivity index (χ2v) is 9.70. The normalized spacial score (nSPS) is 24.4. The minimum Gasteiger partial charge on any atom is -0.493 e. The zero-order chi connectivity index (χ0) is 27.9. The molecule has 0 radical (unpaired) electrons. The highest BCUT2D eigenvalue weighted by atomic mass is 16.5. The molecule has 1 fully saturated rings. The molecule has 1 aromatic carbocycles. The summed E-state index contributed by atoms with van der Waals surface area (Å²) in [6, 6.07) is 2.30. The first-order valence-corrected chi connectivity index (χ1v) is 13.3. The molecule has 4 atom stereocenters. The lowest BCUT2D eigenvalue weighted by Crippen LogP contribution is -2.57. The number of fused-ring (bicyclic) bond motifs is 3. The Kier molecular flexibility index (Phi) is 9.73. The van der Waals surface area contributed by atoms with Gasteiger partial charge in [0.15, 0.2) is 11.5 Å². The lowest BCUT2D eigenvalue weighted by Gasteiger charge is -2.41. The summed E-state index contributed by atoms with van der Waals surface area (Å²) in [5.41, 5.74) is 1.17. The fourth-order valence-corrected chi connectivity index (χ4v) is 5.35. The lowest BCUT2D eigenvalue weighted by molar-refractivity contribution is -0.132. The number of carbonyl (C=O) groups excluding carboxylic acids is 3. The van der Waals surface area contributed by atoms with Gasteiger partial charge in [0.2, 0.25) is 11.8 Å². The second kappa shape index (κ2) is 13.2. The molecule has 4 unspecified atom stereocenters. The molecule has 0 spiro atoms.